The number of pyridine rings is 2. The molecule has 0 atom stereocenters. The second-order valence-electron chi connectivity index (χ2n) is 4.93. The van der Waals surface area contributed by atoms with Crippen molar-refractivity contribution in [3.05, 3.63) is 58.1 Å². The molecule has 1 N–H and O–H groups in total. The first-order valence-electron chi connectivity index (χ1n) is 6.50. The molecule has 0 unspecified atom stereocenters. The molecule has 0 radical (unpaired) electrons. The van der Waals surface area contributed by atoms with E-state index >= 15 is 0 Å². The van der Waals surface area contributed by atoms with E-state index in [1.54, 1.807) is 12.4 Å². The molecule has 0 aliphatic heterocycles. The van der Waals surface area contributed by atoms with E-state index < -0.39 is 17.5 Å². The summed E-state index contributed by atoms with van der Waals surface area (Å²) in [4.78, 5) is 19.6. The highest BCUT2D eigenvalue weighted by Crippen LogP contribution is 2.31. The summed E-state index contributed by atoms with van der Waals surface area (Å²) in [6.07, 6.45) is 4.40. The highest BCUT2D eigenvalue weighted by atomic mass is 35.5. The van der Waals surface area contributed by atoms with Crippen LogP contribution in [0, 0.1) is 6.92 Å². The van der Waals surface area contributed by atoms with Crippen molar-refractivity contribution in [2.24, 2.45) is 0 Å². The molecule has 4 nitrogen and oxygen atoms in total. The second-order valence-corrected chi connectivity index (χ2v) is 5.33. The summed E-state index contributed by atoms with van der Waals surface area (Å²) in [5, 5.41) is 2.44. The predicted octanol–water partition coefficient (Wildman–Crippen LogP) is 3.48. The maximum atomic E-state index is 13.2. The van der Waals surface area contributed by atoms with Gasteiger partial charge in [0.05, 0.1) is 10.6 Å². The van der Waals surface area contributed by atoms with E-state index in [9.17, 15) is 13.6 Å². The summed E-state index contributed by atoms with van der Waals surface area (Å²) in [7, 11) is 0. The number of nitrogens with zero attached hydrogens (tertiary/aromatic N) is 2. The number of hydrogen-bond donors (Lipinski definition) is 1. The predicted molar refractivity (Wildman–Crippen MR) is 79.0 cm³/mol. The SMILES string of the molecule is Cc1ccncc1CNC(=O)c1cnc(C(C)(F)F)c(Cl)c1. The second kappa shape index (κ2) is 6.36. The van der Waals surface area contributed by atoms with E-state index in [4.69, 9.17) is 11.6 Å². The molecule has 116 valence electrons. The van der Waals surface area contributed by atoms with Gasteiger partial charge in [-0.25, -0.2) is 0 Å². The molecule has 2 rings (SSSR count). The summed E-state index contributed by atoms with van der Waals surface area (Å²) in [5.41, 5.74) is 1.44. The van der Waals surface area contributed by atoms with Crippen LogP contribution in [-0.2, 0) is 12.5 Å². The average Bonchev–Trinajstić information content (AvgIpc) is 2.44. The maximum Gasteiger partial charge on any atom is 0.288 e. The Morgan fingerprint density at radius 2 is 2.14 bits per heavy atom. The van der Waals surface area contributed by atoms with Gasteiger partial charge in [-0.2, -0.15) is 8.78 Å². The van der Waals surface area contributed by atoms with Crippen LogP contribution in [-0.4, -0.2) is 15.9 Å². The first-order chi connectivity index (χ1) is 10.3. The van der Waals surface area contributed by atoms with Crippen molar-refractivity contribution in [2.75, 3.05) is 0 Å². The molecule has 7 heteroatoms. The fraction of sp³-hybridized carbons (Fsp3) is 0.267. The average molecular weight is 326 g/mol. The first-order valence-corrected chi connectivity index (χ1v) is 6.88. The molecule has 0 aliphatic rings. The van der Waals surface area contributed by atoms with Crippen LogP contribution >= 0.6 is 11.6 Å². The highest BCUT2D eigenvalue weighted by Gasteiger charge is 2.29. The lowest BCUT2D eigenvalue weighted by Crippen LogP contribution is -2.24. The fourth-order valence-corrected chi connectivity index (χ4v) is 2.18. The summed E-state index contributed by atoms with van der Waals surface area (Å²) >= 11 is 5.77. The topological polar surface area (TPSA) is 54.9 Å². The van der Waals surface area contributed by atoms with Crippen molar-refractivity contribution < 1.29 is 13.6 Å². The Balaban J connectivity index is 2.11. The number of amides is 1. The van der Waals surface area contributed by atoms with E-state index in [-0.39, 0.29) is 17.1 Å². The molecule has 2 aromatic rings. The third-order valence-electron chi connectivity index (χ3n) is 3.11. The molecule has 0 spiro atoms. The molecule has 0 saturated heterocycles. The van der Waals surface area contributed by atoms with Crippen molar-refractivity contribution in [3.63, 3.8) is 0 Å². The molecule has 1 amide bonds. The molecule has 2 aromatic heterocycles. The summed E-state index contributed by atoms with van der Waals surface area (Å²) in [6, 6.07) is 3.02. The first kappa shape index (κ1) is 16.3. The molecule has 0 bridgehead atoms. The van der Waals surface area contributed by atoms with Gasteiger partial charge in [-0.05, 0) is 30.2 Å². The molecular formula is C15H14ClF2N3O. The van der Waals surface area contributed by atoms with E-state index in [1.165, 1.54) is 6.07 Å². The lowest BCUT2D eigenvalue weighted by molar-refractivity contribution is 0.0128. The Labute approximate surface area is 131 Å². The third-order valence-corrected chi connectivity index (χ3v) is 3.39. The number of alkyl halides is 2. The van der Waals surface area contributed by atoms with Gasteiger partial charge < -0.3 is 5.32 Å². The van der Waals surface area contributed by atoms with Crippen LogP contribution in [0.2, 0.25) is 5.02 Å². The van der Waals surface area contributed by atoms with Crippen molar-refractivity contribution in [1.29, 1.82) is 0 Å². The normalized spacial score (nSPS) is 11.3. The third kappa shape index (κ3) is 3.76. The van der Waals surface area contributed by atoms with Crippen LogP contribution in [0.4, 0.5) is 8.78 Å². The minimum atomic E-state index is -3.15. The molecule has 0 fully saturated rings. The van der Waals surface area contributed by atoms with Gasteiger partial charge in [0.15, 0.2) is 0 Å². The molecule has 2 heterocycles. The number of halogens is 3. The summed E-state index contributed by atoms with van der Waals surface area (Å²) < 4.78 is 26.4. The van der Waals surface area contributed by atoms with Gasteiger partial charge in [0.1, 0.15) is 5.69 Å². The van der Waals surface area contributed by atoms with Gasteiger partial charge in [-0.3, -0.25) is 14.8 Å². The monoisotopic (exact) mass is 325 g/mol. The zero-order valence-corrected chi connectivity index (χ0v) is 12.8. The fourth-order valence-electron chi connectivity index (χ4n) is 1.84. The summed E-state index contributed by atoms with van der Waals surface area (Å²) in [5.74, 6) is -3.59. The molecule has 0 aromatic carbocycles. The lowest BCUT2D eigenvalue weighted by Gasteiger charge is -2.12. The van der Waals surface area contributed by atoms with Crippen LogP contribution in [0.1, 0.15) is 34.1 Å². The molecule has 0 aliphatic carbocycles. The summed E-state index contributed by atoms with van der Waals surface area (Å²) in [6.45, 7) is 2.88. The van der Waals surface area contributed by atoms with Crippen molar-refractivity contribution in [2.45, 2.75) is 26.3 Å². The standard InChI is InChI=1S/C15H14ClF2N3O/c1-9-3-4-19-6-11(9)8-21-14(22)10-5-12(16)13(20-7-10)15(2,17)18/h3-7H,8H2,1-2H3,(H,21,22). The Hall–Kier alpha value is -2.08. The number of hydrogen-bond acceptors (Lipinski definition) is 3. The van der Waals surface area contributed by atoms with Gasteiger partial charge in [-0.1, -0.05) is 11.6 Å². The Kier molecular flexibility index (Phi) is 4.71. The van der Waals surface area contributed by atoms with E-state index in [2.05, 4.69) is 15.3 Å². The number of aryl methyl sites for hydroxylation is 1. The molecule has 0 saturated carbocycles. The van der Waals surface area contributed by atoms with Crippen LogP contribution in [0.3, 0.4) is 0 Å². The van der Waals surface area contributed by atoms with E-state index in [1.807, 2.05) is 13.0 Å². The van der Waals surface area contributed by atoms with Crippen molar-refractivity contribution in [1.82, 2.24) is 15.3 Å². The minimum Gasteiger partial charge on any atom is -0.348 e. The van der Waals surface area contributed by atoms with Crippen LogP contribution in [0.15, 0.2) is 30.7 Å². The number of carbonyl (C=O) groups excluding carboxylic acids is 1. The molecular weight excluding hydrogens is 312 g/mol. The van der Waals surface area contributed by atoms with Crippen molar-refractivity contribution in [3.8, 4) is 0 Å². The smallest absolute Gasteiger partial charge is 0.288 e. The van der Waals surface area contributed by atoms with Gasteiger partial charge >= 0.3 is 0 Å². The van der Waals surface area contributed by atoms with Gasteiger partial charge in [0, 0.05) is 32.1 Å². The number of nitrogens with one attached hydrogen (secondary N) is 1. The number of aromatic nitrogens is 2. The maximum absolute atomic E-state index is 13.2. The van der Waals surface area contributed by atoms with E-state index in [0.29, 0.717) is 6.92 Å². The van der Waals surface area contributed by atoms with Gasteiger partial charge in [0.2, 0.25) is 0 Å². The zero-order valence-electron chi connectivity index (χ0n) is 12.0. The van der Waals surface area contributed by atoms with Crippen LogP contribution < -0.4 is 5.32 Å². The van der Waals surface area contributed by atoms with Gasteiger partial charge in [0.25, 0.3) is 11.8 Å². The van der Waals surface area contributed by atoms with Gasteiger partial charge in [-0.15, -0.1) is 0 Å². The minimum absolute atomic E-state index is 0.125. The number of rotatable bonds is 4. The zero-order chi connectivity index (χ0) is 16.3. The largest absolute Gasteiger partial charge is 0.348 e. The van der Waals surface area contributed by atoms with Crippen LogP contribution in [0.5, 0.6) is 0 Å². The van der Waals surface area contributed by atoms with E-state index in [0.717, 1.165) is 17.3 Å². The number of carbonyl (C=O) groups is 1. The lowest BCUT2D eigenvalue weighted by atomic mass is 10.1. The molecule has 22 heavy (non-hydrogen) atoms. The Morgan fingerprint density at radius 1 is 1.41 bits per heavy atom. The highest BCUT2D eigenvalue weighted by molar-refractivity contribution is 6.31. The van der Waals surface area contributed by atoms with Crippen molar-refractivity contribution >= 4 is 17.5 Å². The van der Waals surface area contributed by atoms with Crippen LogP contribution in [0.25, 0.3) is 0 Å². The Bertz CT molecular complexity index is 701. The quantitative estimate of drug-likeness (QED) is 0.936. The Morgan fingerprint density at radius 3 is 2.73 bits per heavy atom.